The minimum atomic E-state index is -3.96. The molecular formula is C22H23ClN2O6S. The van der Waals surface area contributed by atoms with Crippen molar-refractivity contribution >= 4 is 27.4 Å². The number of rotatable bonds is 8. The maximum absolute atomic E-state index is 12.9. The van der Waals surface area contributed by atoms with Gasteiger partial charge >= 0.3 is 11.7 Å². The summed E-state index contributed by atoms with van der Waals surface area (Å²) >= 11 is 5.89. The molecule has 3 N–H and O–H groups in total. The number of aromatic hydroxyl groups is 1. The van der Waals surface area contributed by atoms with Crippen molar-refractivity contribution in [1.82, 2.24) is 9.55 Å². The Balaban J connectivity index is 1.86. The van der Waals surface area contributed by atoms with Gasteiger partial charge in [0.2, 0.25) is 5.88 Å². The van der Waals surface area contributed by atoms with Crippen LogP contribution < -0.4 is 5.69 Å². The molecule has 0 radical (unpaired) electrons. The highest BCUT2D eigenvalue weighted by Gasteiger charge is 2.29. The molecule has 0 aliphatic heterocycles. The Morgan fingerprint density at radius 2 is 1.59 bits per heavy atom. The Hall–Kier alpha value is -3.04. The number of hydrogen-bond acceptors (Lipinski definition) is 5. The molecule has 0 amide bonds. The van der Waals surface area contributed by atoms with Crippen molar-refractivity contribution in [3.63, 3.8) is 0 Å². The molecule has 0 aliphatic carbocycles. The van der Waals surface area contributed by atoms with Gasteiger partial charge in [-0.15, -0.1) is 0 Å². The Morgan fingerprint density at radius 1 is 1.06 bits per heavy atom. The zero-order valence-corrected chi connectivity index (χ0v) is 19.0. The molecule has 0 saturated carbocycles. The monoisotopic (exact) mass is 478 g/mol. The topological polar surface area (TPSA) is 129 Å². The molecule has 0 bridgehead atoms. The number of benzene rings is 2. The van der Waals surface area contributed by atoms with Gasteiger partial charge in [0.1, 0.15) is 0 Å². The predicted molar refractivity (Wildman–Crippen MR) is 121 cm³/mol. The quantitative estimate of drug-likeness (QED) is 0.454. The molecule has 3 rings (SSSR count). The smallest absolute Gasteiger partial charge is 0.328 e. The lowest BCUT2D eigenvalue weighted by Gasteiger charge is -2.16. The summed E-state index contributed by atoms with van der Waals surface area (Å²) in [7, 11) is -3.96. The summed E-state index contributed by atoms with van der Waals surface area (Å²) in [5, 5.41) is 20.1. The number of aromatic amines is 1. The first kappa shape index (κ1) is 23.6. The molecule has 1 atom stereocenters. The molecule has 1 unspecified atom stereocenters. The number of hydrogen-bond donors (Lipinski definition) is 3. The number of carbonyl (C=O) groups is 1. The summed E-state index contributed by atoms with van der Waals surface area (Å²) < 4.78 is 26.9. The molecule has 0 saturated heterocycles. The molecule has 1 aromatic heterocycles. The number of carboxylic acid groups (broad SMARTS) is 1. The number of imidazole rings is 1. The maximum atomic E-state index is 12.9. The number of carboxylic acids is 1. The second kappa shape index (κ2) is 9.22. The van der Waals surface area contributed by atoms with Gasteiger partial charge < -0.3 is 10.2 Å². The summed E-state index contributed by atoms with van der Waals surface area (Å²) in [6, 6.07) is 13.2. The fourth-order valence-corrected chi connectivity index (χ4v) is 5.16. The van der Waals surface area contributed by atoms with Gasteiger partial charge in [-0.1, -0.05) is 49.7 Å². The third-order valence-corrected chi connectivity index (χ3v) is 7.20. The summed E-state index contributed by atoms with van der Waals surface area (Å²) in [4.78, 5) is 26.2. The lowest BCUT2D eigenvalue weighted by molar-refractivity contribution is -0.141. The number of nitrogens with one attached hydrogen (secondary N) is 1. The van der Waals surface area contributed by atoms with Crippen LogP contribution in [0.15, 0.2) is 58.2 Å². The van der Waals surface area contributed by atoms with Crippen LogP contribution in [0.3, 0.4) is 0 Å². The first-order chi connectivity index (χ1) is 15.0. The number of aliphatic carboxylic acids is 1. The van der Waals surface area contributed by atoms with E-state index < -0.39 is 33.2 Å². The van der Waals surface area contributed by atoms with E-state index in [9.17, 15) is 28.2 Å². The van der Waals surface area contributed by atoms with E-state index in [0.29, 0.717) is 5.02 Å². The summed E-state index contributed by atoms with van der Waals surface area (Å²) in [5.74, 6) is -4.07. The van der Waals surface area contributed by atoms with E-state index in [1.165, 1.54) is 12.1 Å². The molecule has 1 heterocycles. The van der Waals surface area contributed by atoms with Crippen molar-refractivity contribution in [2.75, 3.05) is 5.75 Å². The van der Waals surface area contributed by atoms with Crippen LogP contribution in [0, 0.1) is 5.92 Å². The van der Waals surface area contributed by atoms with Gasteiger partial charge in [0, 0.05) is 11.6 Å². The second-order valence-electron chi connectivity index (χ2n) is 7.78. The van der Waals surface area contributed by atoms with E-state index in [4.69, 9.17) is 11.6 Å². The Morgan fingerprint density at radius 3 is 2.09 bits per heavy atom. The van der Waals surface area contributed by atoms with Crippen molar-refractivity contribution in [1.29, 1.82) is 0 Å². The average Bonchev–Trinajstić information content (AvgIpc) is 3.01. The Kier molecular flexibility index (Phi) is 6.80. The number of halogens is 1. The van der Waals surface area contributed by atoms with Crippen molar-refractivity contribution in [2.24, 2.45) is 5.92 Å². The van der Waals surface area contributed by atoms with Crippen LogP contribution in [0.2, 0.25) is 5.02 Å². The van der Waals surface area contributed by atoms with Crippen molar-refractivity contribution < 1.29 is 23.4 Å². The van der Waals surface area contributed by atoms with Gasteiger partial charge in [-0.3, -0.25) is 14.3 Å². The van der Waals surface area contributed by atoms with Gasteiger partial charge in [0.15, 0.2) is 9.84 Å². The summed E-state index contributed by atoms with van der Waals surface area (Å²) in [6.45, 7) is 3.07. The highest BCUT2D eigenvalue weighted by Crippen LogP contribution is 2.26. The van der Waals surface area contributed by atoms with Crippen LogP contribution in [-0.2, 0) is 21.2 Å². The van der Waals surface area contributed by atoms with Crippen LogP contribution in [0.5, 0.6) is 5.88 Å². The molecule has 32 heavy (non-hydrogen) atoms. The summed E-state index contributed by atoms with van der Waals surface area (Å²) in [6.07, 6.45) is 0. The predicted octanol–water partition coefficient (Wildman–Crippen LogP) is 3.50. The normalized spacial score (nSPS) is 12.8. The molecule has 10 heteroatoms. The van der Waals surface area contributed by atoms with E-state index in [2.05, 4.69) is 4.98 Å². The molecule has 0 spiro atoms. The van der Waals surface area contributed by atoms with E-state index in [-0.39, 0.29) is 28.9 Å². The molecule has 0 aliphatic rings. The van der Waals surface area contributed by atoms with Crippen molar-refractivity contribution in [3.8, 4) is 17.0 Å². The molecule has 2 aromatic carbocycles. The third kappa shape index (κ3) is 5.05. The standard InChI is InChI=1S/C22H23ClN2O6S/c1-13(2)19-20(26)24-22(29)25(19)11-16(21(27)28)12-32(30,31)18-9-5-15(6-10-18)14-3-7-17(23)8-4-14/h3-10,13,16,26H,11-12H2,1-2H3,(H,24,29)(H,27,28). The summed E-state index contributed by atoms with van der Waals surface area (Å²) in [5.41, 5.74) is 1.18. The van der Waals surface area contributed by atoms with Crippen molar-refractivity contribution in [2.45, 2.75) is 31.2 Å². The van der Waals surface area contributed by atoms with Gasteiger partial charge in [0.25, 0.3) is 0 Å². The van der Waals surface area contributed by atoms with Gasteiger partial charge in [0.05, 0.1) is 22.3 Å². The van der Waals surface area contributed by atoms with Gasteiger partial charge in [-0.2, -0.15) is 0 Å². The molecule has 0 fully saturated rings. The average molecular weight is 479 g/mol. The minimum absolute atomic E-state index is 0.0187. The first-order valence-electron chi connectivity index (χ1n) is 9.83. The lowest BCUT2D eigenvalue weighted by Crippen LogP contribution is -2.32. The maximum Gasteiger partial charge on any atom is 0.328 e. The number of H-pyrrole nitrogens is 1. The van der Waals surface area contributed by atoms with E-state index in [1.807, 2.05) is 12.1 Å². The van der Waals surface area contributed by atoms with Crippen LogP contribution in [0.4, 0.5) is 0 Å². The Bertz CT molecular complexity index is 1280. The van der Waals surface area contributed by atoms with Gasteiger partial charge in [-0.25, -0.2) is 13.2 Å². The SMILES string of the molecule is CC(C)c1c(O)[nH]c(=O)n1CC(CS(=O)(=O)c1ccc(-c2ccc(Cl)cc2)cc1)C(=O)O. The largest absolute Gasteiger partial charge is 0.493 e. The second-order valence-corrected chi connectivity index (χ2v) is 10.2. The van der Waals surface area contributed by atoms with Crippen LogP contribution >= 0.6 is 11.6 Å². The Labute approximate surface area is 190 Å². The minimum Gasteiger partial charge on any atom is -0.493 e. The van der Waals surface area contributed by atoms with Crippen molar-refractivity contribution in [3.05, 3.63) is 69.7 Å². The number of nitrogens with zero attached hydrogens (tertiary/aromatic N) is 1. The number of sulfone groups is 1. The number of aromatic nitrogens is 2. The zero-order valence-electron chi connectivity index (χ0n) is 17.4. The van der Waals surface area contributed by atoms with Gasteiger partial charge in [-0.05, 0) is 41.3 Å². The highest BCUT2D eigenvalue weighted by atomic mass is 35.5. The first-order valence-corrected chi connectivity index (χ1v) is 11.9. The molecule has 3 aromatic rings. The van der Waals surface area contributed by atoms with Crippen LogP contribution in [0.1, 0.15) is 25.5 Å². The van der Waals surface area contributed by atoms with E-state index >= 15 is 0 Å². The van der Waals surface area contributed by atoms with E-state index in [1.54, 1.807) is 38.1 Å². The zero-order chi connectivity index (χ0) is 23.6. The van der Waals surface area contributed by atoms with E-state index in [0.717, 1.165) is 15.7 Å². The fourth-order valence-electron chi connectivity index (χ4n) is 3.52. The van der Waals surface area contributed by atoms with Crippen LogP contribution in [-0.4, -0.2) is 39.9 Å². The fraction of sp³-hybridized carbons (Fsp3) is 0.273. The van der Waals surface area contributed by atoms with Crippen LogP contribution in [0.25, 0.3) is 11.1 Å². The molecule has 170 valence electrons. The highest BCUT2D eigenvalue weighted by molar-refractivity contribution is 7.91. The lowest BCUT2D eigenvalue weighted by atomic mass is 10.1. The third-order valence-electron chi connectivity index (χ3n) is 5.11. The molecule has 8 nitrogen and oxygen atoms in total. The molecular weight excluding hydrogens is 456 g/mol.